The number of anilines is 1. The topological polar surface area (TPSA) is 103 Å². The van der Waals surface area contributed by atoms with Gasteiger partial charge in [-0.2, -0.15) is 5.10 Å². The highest BCUT2D eigenvalue weighted by atomic mass is 16.5. The molecule has 8 nitrogen and oxygen atoms in total. The number of aromatic hydroxyl groups is 1. The predicted molar refractivity (Wildman–Crippen MR) is 99.6 cm³/mol. The average Bonchev–Trinajstić information content (AvgIpc) is 3.17. The van der Waals surface area contributed by atoms with E-state index in [1.165, 1.54) is 37.9 Å². The van der Waals surface area contributed by atoms with E-state index in [1.807, 2.05) is 0 Å². The monoisotopic (exact) mass is 373 g/mol. The largest absolute Gasteiger partial charge is 0.503 e. The van der Waals surface area contributed by atoms with Gasteiger partial charge in [0, 0.05) is 18.3 Å². The quantitative estimate of drug-likeness (QED) is 0.806. The van der Waals surface area contributed by atoms with Crippen molar-refractivity contribution in [3.05, 3.63) is 40.3 Å². The summed E-state index contributed by atoms with van der Waals surface area (Å²) >= 11 is 0. The number of hydrogen-bond acceptors (Lipinski definition) is 6. The van der Waals surface area contributed by atoms with Crippen LogP contribution in [0.25, 0.3) is 0 Å². The Morgan fingerprint density at radius 1 is 1.26 bits per heavy atom. The third-order valence-corrected chi connectivity index (χ3v) is 4.72. The van der Waals surface area contributed by atoms with Crippen molar-refractivity contribution in [2.45, 2.75) is 32.2 Å². The Balaban J connectivity index is 1.83. The Labute approximate surface area is 156 Å². The zero-order valence-electron chi connectivity index (χ0n) is 15.4. The fraction of sp³-hybridized carbons (Fsp3) is 0.421. The number of nitrogens with one attached hydrogen (secondary N) is 1. The zero-order chi connectivity index (χ0) is 19.4. The fourth-order valence-electron chi connectivity index (χ4n) is 3.33. The Morgan fingerprint density at radius 3 is 2.63 bits per heavy atom. The van der Waals surface area contributed by atoms with Crippen LogP contribution in [0.5, 0.6) is 17.2 Å². The highest BCUT2D eigenvalue weighted by Gasteiger charge is 2.20. The molecule has 2 N–H and O–H groups in total. The van der Waals surface area contributed by atoms with Gasteiger partial charge >= 0.3 is 0 Å². The van der Waals surface area contributed by atoms with E-state index < -0.39 is 17.1 Å². The molecule has 0 atom stereocenters. The molecule has 0 unspecified atom stereocenters. The first-order valence-corrected chi connectivity index (χ1v) is 8.86. The van der Waals surface area contributed by atoms with Crippen molar-refractivity contribution >= 4 is 11.6 Å². The molecule has 1 amide bonds. The lowest BCUT2D eigenvalue weighted by atomic mass is 10.1. The highest BCUT2D eigenvalue weighted by Crippen LogP contribution is 2.30. The predicted octanol–water partition coefficient (Wildman–Crippen LogP) is 2.41. The number of amides is 1. The summed E-state index contributed by atoms with van der Waals surface area (Å²) < 4.78 is 11.8. The number of nitrogens with zero attached hydrogens (tertiary/aromatic N) is 2. The summed E-state index contributed by atoms with van der Waals surface area (Å²) in [4.78, 5) is 24.7. The van der Waals surface area contributed by atoms with Gasteiger partial charge in [0.2, 0.25) is 0 Å². The van der Waals surface area contributed by atoms with Crippen LogP contribution in [-0.2, 0) is 6.54 Å². The van der Waals surface area contributed by atoms with Crippen molar-refractivity contribution in [2.75, 3.05) is 19.5 Å². The van der Waals surface area contributed by atoms with Crippen LogP contribution in [0, 0.1) is 5.92 Å². The maximum atomic E-state index is 12.6. The molecule has 1 aliphatic rings. The number of carbonyl (C=O) groups excluding carboxylic acids is 1. The number of benzene rings is 1. The van der Waals surface area contributed by atoms with Gasteiger partial charge in [-0.3, -0.25) is 14.3 Å². The summed E-state index contributed by atoms with van der Waals surface area (Å²) in [5.41, 5.74) is -0.719. The summed E-state index contributed by atoms with van der Waals surface area (Å²) in [6, 6.07) is 4.85. The van der Waals surface area contributed by atoms with Crippen molar-refractivity contribution in [1.82, 2.24) is 9.78 Å². The molecule has 1 fully saturated rings. The minimum absolute atomic E-state index is 0.345. The fourth-order valence-corrected chi connectivity index (χ4v) is 3.33. The van der Waals surface area contributed by atoms with Crippen molar-refractivity contribution < 1.29 is 19.4 Å². The highest BCUT2D eigenvalue weighted by molar-refractivity contribution is 6.03. The summed E-state index contributed by atoms with van der Waals surface area (Å²) in [5, 5.41) is 16.7. The molecular formula is C19H23N3O5. The van der Waals surface area contributed by atoms with Crippen molar-refractivity contribution in [3.8, 4) is 17.2 Å². The van der Waals surface area contributed by atoms with Crippen LogP contribution in [0.15, 0.2) is 29.2 Å². The Bertz CT molecular complexity index is 887. The standard InChI is InChI=1S/C19H23N3O5/c1-26-15-8-7-13(9-16(15)27-2)20-19(25)17-18(24)14(23)11-22(21-17)10-12-5-3-4-6-12/h7-9,11-12,23H,3-6,10H2,1-2H3,(H,20,25). The number of ether oxygens (including phenoxy) is 2. The van der Waals surface area contributed by atoms with E-state index in [1.54, 1.807) is 18.2 Å². The van der Waals surface area contributed by atoms with Crippen molar-refractivity contribution in [1.29, 1.82) is 0 Å². The smallest absolute Gasteiger partial charge is 0.280 e. The Kier molecular flexibility index (Phi) is 5.63. The molecule has 3 rings (SSSR count). The SMILES string of the molecule is COc1ccc(NC(=O)c2nn(CC3CCCC3)cc(O)c2=O)cc1OC. The second-order valence-corrected chi connectivity index (χ2v) is 6.59. The van der Waals surface area contributed by atoms with E-state index in [0.29, 0.717) is 29.6 Å². The van der Waals surface area contributed by atoms with E-state index in [4.69, 9.17) is 9.47 Å². The van der Waals surface area contributed by atoms with Gasteiger partial charge in [-0.15, -0.1) is 0 Å². The Morgan fingerprint density at radius 2 is 1.96 bits per heavy atom. The van der Waals surface area contributed by atoms with Crippen molar-refractivity contribution in [3.63, 3.8) is 0 Å². The number of rotatable bonds is 6. The molecule has 1 aliphatic carbocycles. The van der Waals surface area contributed by atoms with Gasteiger partial charge in [0.1, 0.15) is 0 Å². The van der Waals surface area contributed by atoms with E-state index in [0.717, 1.165) is 12.8 Å². The van der Waals surface area contributed by atoms with E-state index in [2.05, 4.69) is 10.4 Å². The number of carbonyl (C=O) groups is 1. The molecule has 144 valence electrons. The molecule has 0 spiro atoms. The van der Waals surface area contributed by atoms with Crippen LogP contribution < -0.4 is 20.2 Å². The molecule has 1 aromatic heterocycles. The van der Waals surface area contributed by atoms with E-state index in [-0.39, 0.29) is 5.69 Å². The van der Waals surface area contributed by atoms with Gasteiger partial charge in [-0.1, -0.05) is 12.8 Å². The third kappa shape index (κ3) is 4.21. The second kappa shape index (κ2) is 8.11. The first-order chi connectivity index (χ1) is 13.0. The lowest BCUT2D eigenvalue weighted by Crippen LogP contribution is -2.27. The van der Waals surface area contributed by atoms with E-state index in [9.17, 15) is 14.7 Å². The molecule has 0 saturated heterocycles. The molecule has 1 aromatic carbocycles. The van der Waals surface area contributed by atoms with Crippen LogP contribution >= 0.6 is 0 Å². The number of hydrogen-bond donors (Lipinski definition) is 2. The molecule has 0 radical (unpaired) electrons. The molecule has 8 heteroatoms. The number of aromatic nitrogens is 2. The molecular weight excluding hydrogens is 350 g/mol. The van der Waals surface area contributed by atoms with Gasteiger partial charge < -0.3 is 19.9 Å². The van der Waals surface area contributed by atoms with Gasteiger partial charge in [-0.25, -0.2) is 0 Å². The lowest BCUT2D eigenvalue weighted by molar-refractivity contribution is 0.101. The molecule has 0 bridgehead atoms. The van der Waals surface area contributed by atoms with Crippen LogP contribution in [0.4, 0.5) is 5.69 Å². The zero-order valence-corrected chi connectivity index (χ0v) is 15.4. The Hall–Kier alpha value is -3.03. The van der Waals surface area contributed by atoms with Gasteiger partial charge in [0.05, 0.1) is 20.4 Å². The third-order valence-electron chi connectivity index (χ3n) is 4.72. The second-order valence-electron chi connectivity index (χ2n) is 6.59. The molecule has 2 aromatic rings. The minimum Gasteiger partial charge on any atom is -0.503 e. The minimum atomic E-state index is -0.796. The normalized spacial score (nSPS) is 14.1. The summed E-state index contributed by atoms with van der Waals surface area (Å²) in [6.07, 6.45) is 5.80. The van der Waals surface area contributed by atoms with Crippen LogP contribution in [0.3, 0.4) is 0 Å². The van der Waals surface area contributed by atoms with Gasteiger partial charge in [0.25, 0.3) is 11.3 Å². The number of methoxy groups -OCH3 is 2. The summed E-state index contributed by atoms with van der Waals surface area (Å²) in [6.45, 7) is 0.574. The van der Waals surface area contributed by atoms with Gasteiger partial charge in [0.15, 0.2) is 22.9 Å². The van der Waals surface area contributed by atoms with Crippen LogP contribution in [-0.4, -0.2) is 35.0 Å². The lowest BCUT2D eigenvalue weighted by Gasteiger charge is -2.13. The summed E-state index contributed by atoms with van der Waals surface area (Å²) in [7, 11) is 3.00. The average molecular weight is 373 g/mol. The molecule has 1 saturated carbocycles. The first kappa shape index (κ1) is 18.8. The molecule has 1 heterocycles. The molecule has 0 aliphatic heterocycles. The maximum Gasteiger partial charge on any atom is 0.280 e. The molecule has 27 heavy (non-hydrogen) atoms. The summed E-state index contributed by atoms with van der Waals surface area (Å²) in [5.74, 6) is 0.229. The first-order valence-electron chi connectivity index (χ1n) is 8.86. The van der Waals surface area contributed by atoms with E-state index >= 15 is 0 Å². The van der Waals surface area contributed by atoms with Crippen LogP contribution in [0.1, 0.15) is 36.2 Å². The van der Waals surface area contributed by atoms with Crippen molar-refractivity contribution in [2.24, 2.45) is 5.92 Å². The maximum absolute atomic E-state index is 12.6. The van der Waals surface area contributed by atoms with Crippen LogP contribution in [0.2, 0.25) is 0 Å². The van der Waals surface area contributed by atoms with Gasteiger partial charge in [-0.05, 0) is 30.9 Å².